The predicted octanol–water partition coefficient (Wildman–Crippen LogP) is 2.73. The zero-order chi connectivity index (χ0) is 22.5. The highest BCUT2D eigenvalue weighted by Gasteiger charge is 2.16. The van der Waals surface area contributed by atoms with Crippen LogP contribution >= 0.6 is 0 Å². The third-order valence-corrected chi connectivity index (χ3v) is 6.22. The highest BCUT2D eigenvalue weighted by Crippen LogP contribution is 2.22. The van der Waals surface area contributed by atoms with Crippen molar-refractivity contribution >= 4 is 21.8 Å². The average molecular weight is 432 g/mol. The van der Waals surface area contributed by atoms with Crippen LogP contribution in [0.25, 0.3) is 0 Å². The van der Waals surface area contributed by atoms with Gasteiger partial charge in [0.15, 0.2) is 0 Å². The van der Waals surface area contributed by atoms with Crippen molar-refractivity contribution in [2.75, 3.05) is 6.54 Å². The second-order valence-corrected chi connectivity index (χ2v) is 9.99. The molecule has 0 saturated heterocycles. The Morgan fingerprint density at radius 3 is 2.10 bits per heavy atom. The van der Waals surface area contributed by atoms with Crippen LogP contribution in [0.1, 0.15) is 54.2 Å². The Hall–Kier alpha value is -2.71. The first-order valence-electron chi connectivity index (χ1n) is 9.67. The van der Waals surface area contributed by atoms with E-state index in [1.54, 1.807) is 24.3 Å². The van der Waals surface area contributed by atoms with E-state index >= 15 is 0 Å². The number of nitrogens with one attached hydrogen (secondary N) is 3. The molecule has 8 heteroatoms. The lowest BCUT2D eigenvalue weighted by molar-refractivity contribution is -0.121. The number of sulfonamides is 1. The molecule has 0 aliphatic heterocycles. The van der Waals surface area contributed by atoms with Crippen LogP contribution in [0.4, 0.5) is 0 Å². The molecule has 0 atom stereocenters. The molecule has 0 radical (unpaired) electrons. The van der Waals surface area contributed by atoms with Crippen LogP contribution in [-0.4, -0.2) is 26.8 Å². The van der Waals surface area contributed by atoms with Gasteiger partial charge in [-0.15, -0.1) is 0 Å². The fraction of sp³-hybridized carbons (Fsp3) is 0.364. The molecule has 0 aromatic heterocycles. The minimum Gasteiger partial charge on any atom is -0.273 e. The van der Waals surface area contributed by atoms with Gasteiger partial charge in [0.2, 0.25) is 15.9 Å². The van der Waals surface area contributed by atoms with Gasteiger partial charge < -0.3 is 0 Å². The lowest BCUT2D eigenvalue weighted by Crippen LogP contribution is -2.42. The number of hydrogen-bond donors (Lipinski definition) is 3. The van der Waals surface area contributed by atoms with Gasteiger partial charge in [0.05, 0.1) is 4.90 Å². The summed E-state index contributed by atoms with van der Waals surface area (Å²) in [6.45, 7) is 9.89. The molecule has 3 N–H and O–H groups in total. The van der Waals surface area contributed by atoms with Crippen molar-refractivity contribution < 1.29 is 18.0 Å². The maximum absolute atomic E-state index is 12.3. The van der Waals surface area contributed by atoms with E-state index in [2.05, 4.69) is 36.3 Å². The minimum absolute atomic E-state index is 0.0200. The Morgan fingerprint density at radius 1 is 0.900 bits per heavy atom. The second kappa shape index (κ2) is 9.40. The summed E-state index contributed by atoms with van der Waals surface area (Å²) >= 11 is 0. The Kier molecular flexibility index (Phi) is 7.39. The molecule has 0 spiro atoms. The largest absolute Gasteiger partial charge is 0.273 e. The number of carbonyl (C=O) groups is 2. The van der Waals surface area contributed by atoms with Crippen molar-refractivity contribution in [3.63, 3.8) is 0 Å². The van der Waals surface area contributed by atoms with Crippen LogP contribution in [0.2, 0.25) is 0 Å². The van der Waals surface area contributed by atoms with E-state index in [1.807, 2.05) is 26.0 Å². The molecule has 2 aromatic carbocycles. The molecule has 0 aliphatic carbocycles. The normalized spacial score (nSPS) is 11.8. The molecule has 2 rings (SSSR count). The molecule has 0 fully saturated rings. The molecule has 30 heavy (non-hydrogen) atoms. The zero-order valence-electron chi connectivity index (χ0n) is 18.0. The Morgan fingerprint density at radius 2 is 1.53 bits per heavy atom. The molecule has 0 saturated carbocycles. The summed E-state index contributed by atoms with van der Waals surface area (Å²) in [5.41, 5.74) is 7.99. The van der Waals surface area contributed by atoms with Crippen molar-refractivity contribution in [3.8, 4) is 0 Å². The van der Waals surface area contributed by atoms with Crippen LogP contribution in [0.3, 0.4) is 0 Å². The van der Waals surface area contributed by atoms with E-state index in [-0.39, 0.29) is 23.3 Å². The summed E-state index contributed by atoms with van der Waals surface area (Å²) in [5, 5.41) is 0. The van der Waals surface area contributed by atoms with Gasteiger partial charge in [0, 0.05) is 18.5 Å². The number of hydrazine groups is 1. The number of aryl methyl sites for hydroxylation is 2. The standard InChI is InChI=1S/C22H29N3O4S/c1-15-6-11-19(14-16(15)2)30(28,29)23-13-12-20(26)24-25-21(27)17-7-9-18(10-8-17)22(3,4)5/h6-11,14,23H,12-13H2,1-5H3,(H,24,26)(H,25,27). The quantitative estimate of drug-likeness (QED) is 0.612. The van der Waals surface area contributed by atoms with Gasteiger partial charge in [-0.2, -0.15) is 0 Å². The van der Waals surface area contributed by atoms with Gasteiger partial charge in [0.1, 0.15) is 0 Å². The van der Waals surface area contributed by atoms with Crippen molar-refractivity contribution in [3.05, 3.63) is 64.7 Å². The summed E-state index contributed by atoms with van der Waals surface area (Å²) in [6.07, 6.45) is -0.118. The SMILES string of the molecule is Cc1ccc(S(=O)(=O)NCCC(=O)NNC(=O)c2ccc(C(C)(C)C)cc2)cc1C. The van der Waals surface area contributed by atoms with E-state index in [0.29, 0.717) is 5.56 Å². The average Bonchev–Trinajstić information content (AvgIpc) is 2.67. The lowest BCUT2D eigenvalue weighted by Gasteiger charge is -2.19. The topological polar surface area (TPSA) is 104 Å². The van der Waals surface area contributed by atoms with Gasteiger partial charge in [-0.05, 0) is 60.2 Å². The molecule has 162 valence electrons. The fourth-order valence-electron chi connectivity index (χ4n) is 2.65. The molecule has 0 heterocycles. The van der Waals surface area contributed by atoms with Gasteiger partial charge in [-0.3, -0.25) is 20.4 Å². The number of amides is 2. The smallest absolute Gasteiger partial charge is 0.269 e. The molecule has 0 unspecified atom stereocenters. The Bertz CT molecular complexity index is 1020. The van der Waals surface area contributed by atoms with Crippen LogP contribution in [-0.2, 0) is 20.2 Å². The number of carbonyl (C=O) groups excluding carboxylic acids is 2. The number of benzene rings is 2. The third kappa shape index (κ3) is 6.40. The molecule has 2 amide bonds. The number of hydrogen-bond acceptors (Lipinski definition) is 4. The summed E-state index contributed by atoms with van der Waals surface area (Å²) in [5.74, 6) is -0.947. The van der Waals surface area contributed by atoms with E-state index in [9.17, 15) is 18.0 Å². The molecular formula is C22H29N3O4S. The van der Waals surface area contributed by atoms with Gasteiger partial charge in [-0.25, -0.2) is 13.1 Å². The van der Waals surface area contributed by atoms with E-state index < -0.39 is 21.8 Å². The second-order valence-electron chi connectivity index (χ2n) is 8.22. The third-order valence-electron chi connectivity index (χ3n) is 4.76. The summed E-state index contributed by atoms with van der Waals surface area (Å²) in [7, 11) is -3.70. The Balaban J connectivity index is 1.82. The maximum Gasteiger partial charge on any atom is 0.269 e. The van der Waals surface area contributed by atoms with Crippen molar-refractivity contribution in [2.24, 2.45) is 0 Å². The van der Waals surface area contributed by atoms with E-state index in [4.69, 9.17) is 0 Å². The first kappa shape index (κ1) is 23.6. The molecule has 7 nitrogen and oxygen atoms in total. The van der Waals surface area contributed by atoms with Crippen molar-refractivity contribution in [1.29, 1.82) is 0 Å². The predicted molar refractivity (Wildman–Crippen MR) is 116 cm³/mol. The monoisotopic (exact) mass is 431 g/mol. The van der Waals surface area contributed by atoms with Crippen LogP contribution in [0.5, 0.6) is 0 Å². The lowest BCUT2D eigenvalue weighted by atomic mass is 9.87. The molecule has 0 bridgehead atoms. The summed E-state index contributed by atoms with van der Waals surface area (Å²) in [6, 6.07) is 12.0. The van der Waals surface area contributed by atoms with Gasteiger partial charge in [0.25, 0.3) is 5.91 Å². The summed E-state index contributed by atoms with van der Waals surface area (Å²) in [4.78, 5) is 24.2. The van der Waals surface area contributed by atoms with Crippen molar-refractivity contribution in [2.45, 2.75) is 51.3 Å². The first-order valence-corrected chi connectivity index (χ1v) is 11.1. The molecule has 0 aliphatic rings. The van der Waals surface area contributed by atoms with Crippen LogP contribution in [0.15, 0.2) is 47.4 Å². The first-order chi connectivity index (χ1) is 13.9. The highest BCUT2D eigenvalue weighted by molar-refractivity contribution is 7.89. The molecular weight excluding hydrogens is 402 g/mol. The zero-order valence-corrected chi connectivity index (χ0v) is 18.8. The van der Waals surface area contributed by atoms with Crippen LogP contribution < -0.4 is 15.6 Å². The summed E-state index contributed by atoms with van der Waals surface area (Å²) < 4.78 is 27.0. The van der Waals surface area contributed by atoms with Crippen molar-refractivity contribution in [1.82, 2.24) is 15.6 Å². The van der Waals surface area contributed by atoms with Gasteiger partial charge >= 0.3 is 0 Å². The van der Waals surface area contributed by atoms with E-state index in [0.717, 1.165) is 16.7 Å². The van der Waals surface area contributed by atoms with Gasteiger partial charge in [-0.1, -0.05) is 39.0 Å². The fourth-order valence-corrected chi connectivity index (χ4v) is 3.76. The highest BCUT2D eigenvalue weighted by atomic mass is 32.2. The minimum atomic E-state index is -3.70. The van der Waals surface area contributed by atoms with Crippen LogP contribution in [0, 0.1) is 13.8 Å². The number of rotatable bonds is 6. The molecule has 2 aromatic rings. The van der Waals surface area contributed by atoms with E-state index in [1.165, 1.54) is 6.07 Å². The maximum atomic E-state index is 12.3. The Labute approximate surface area is 178 Å².